The molecule has 0 spiro atoms. The van der Waals surface area contributed by atoms with Crippen molar-refractivity contribution in [2.75, 3.05) is 19.9 Å². The summed E-state index contributed by atoms with van der Waals surface area (Å²) in [5, 5.41) is 1.17. The van der Waals surface area contributed by atoms with Gasteiger partial charge in [-0.1, -0.05) is 6.07 Å². The number of rotatable bonds is 2. The molecule has 0 radical (unpaired) electrons. The average Bonchev–Trinajstić information content (AvgIpc) is 2.20. The molecule has 0 saturated carbocycles. The second-order valence-electron chi connectivity index (χ2n) is 3.00. The molecule has 14 heavy (non-hydrogen) atoms. The number of anilines is 1. The minimum absolute atomic E-state index is 0.197. The lowest BCUT2D eigenvalue weighted by Crippen LogP contribution is -2.26. The van der Waals surface area contributed by atoms with Gasteiger partial charge >= 0.3 is 0 Å². The molecule has 4 nitrogen and oxygen atoms in total. The van der Waals surface area contributed by atoms with E-state index in [2.05, 4.69) is 0 Å². The van der Waals surface area contributed by atoms with Gasteiger partial charge in [-0.05, 0) is 24.6 Å². The molecule has 2 N–H and O–H groups in total. The fourth-order valence-electron chi connectivity index (χ4n) is 1.14. The summed E-state index contributed by atoms with van der Waals surface area (Å²) in [4.78, 5) is 16.5. The van der Waals surface area contributed by atoms with Gasteiger partial charge in [0.25, 0.3) is 5.91 Å². The summed E-state index contributed by atoms with van der Waals surface area (Å²) in [5.74, 6) is -0.197. The van der Waals surface area contributed by atoms with Gasteiger partial charge < -0.3 is 5.73 Å². The van der Waals surface area contributed by atoms with Crippen LogP contribution in [-0.4, -0.2) is 25.1 Å². The van der Waals surface area contributed by atoms with Crippen molar-refractivity contribution in [2.45, 2.75) is 6.92 Å². The van der Waals surface area contributed by atoms with Gasteiger partial charge in [0.2, 0.25) is 0 Å². The summed E-state index contributed by atoms with van der Waals surface area (Å²) in [7, 11) is 3.00. The third-order valence-corrected chi connectivity index (χ3v) is 2.17. The zero-order valence-corrected chi connectivity index (χ0v) is 8.57. The first kappa shape index (κ1) is 10.5. The molecule has 4 heteroatoms. The highest BCUT2D eigenvalue weighted by molar-refractivity contribution is 5.96. The Kier molecular flexibility index (Phi) is 3.09. The Morgan fingerprint density at radius 1 is 1.50 bits per heavy atom. The first-order valence-electron chi connectivity index (χ1n) is 4.25. The van der Waals surface area contributed by atoms with Crippen LogP contribution in [0.25, 0.3) is 0 Å². The van der Waals surface area contributed by atoms with E-state index in [1.54, 1.807) is 25.2 Å². The lowest BCUT2D eigenvalue weighted by atomic mass is 10.1. The summed E-state index contributed by atoms with van der Waals surface area (Å²) in [5.41, 5.74) is 7.64. The number of hydrogen-bond donors (Lipinski definition) is 1. The Bertz CT molecular complexity index is 350. The molecule has 1 rings (SSSR count). The summed E-state index contributed by atoms with van der Waals surface area (Å²) in [6.45, 7) is 1.81. The number of hydrogen-bond acceptors (Lipinski definition) is 3. The van der Waals surface area contributed by atoms with Gasteiger partial charge in [-0.3, -0.25) is 9.63 Å². The van der Waals surface area contributed by atoms with Crippen molar-refractivity contribution in [3.63, 3.8) is 0 Å². The Balaban J connectivity index is 3.07. The van der Waals surface area contributed by atoms with E-state index in [1.807, 2.05) is 6.92 Å². The maximum atomic E-state index is 11.7. The molecular formula is C10H14N2O2. The molecule has 1 amide bonds. The van der Waals surface area contributed by atoms with E-state index >= 15 is 0 Å². The molecule has 0 aliphatic rings. The van der Waals surface area contributed by atoms with Crippen LogP contribution in [0.4, 0.5) is 5.69 Å². The lowest BCUT2D eigenvalue weighted by Gasteiger charge is -2.15. The van der Waals surface area contributed by atoms with Crippen LogP contribution in [-0.2, 0) is 4.84 Å². The Hall–Kier alpha value is -1.55. The second-order valence-corrected chi connectivity index (χ2v) is 3.00. The van der Waals surface area contributed by atoms with Crippen molar-refractivity contribution < 1.29 is 9.63 Å². The van der Waals surface area contributed by atoms with Gasteiger partial charge in [0.05, 0.1) is 7.11 Å². The van der Waals surface area contributed by atoms with Crippen LogP contribution in [0, 0.1) is 6.92 Å². The van der Waals surface area contributed by atoms with Crippen LogP contribution in [0.2, 0.25) is 0 Å². The van der Waals surface area contributed by atoms with E-state index in [0.717, 1.165) is 5.56 Å². The van der Waals surface area contributed by atoms with E-state index in [4.69, 9.17) is 10.6 Å². The Labute approximate surface area is 83.2 Å². The maximum Gasteiger partial charge on any atom is 0.277 e. The third-order valence-electron chi connectivity index (χ3n) is 2.17. The predicted octanol–water partition coefficient (Wildman–Crippen LogP) is 1.21. The number of benzene rings is 1. The van der Waals surface area contributed by atoms with E-state index < -0.39 is 0 Å². The first-order valence-corrected chi connectivity index (χ1v) is 4.25. The van der Waals surface area contributed by atoms with Gasteiger partial charge in [0.15, 0.2) is 0 Å². The number of nitrogens with zero attached hydrogens (tertiary/aromatic N) is 1. The molecule has 1 aromatic carbocycles. The van der Waals surface area contributed by atoms with E-state index in [-0.39, 0.29) is 5.91 Å². The number of nitrogen functional groups attached to an aromatic ring is 1. The van der Waals surface area contributed by atoms with Gasteiger partial charge in [-0.2, -0.15) is 0 Å². The molecule has 0 aromatic heterocycles. The van der Waals surface area contributed by atoms with Gasteiger partial charge in [-0.15, -0.1) is 0 Å². The largest absolute Gasteiger partial charge is 0.398 e. The number of hydroxylamine groups is 2. The minimum Gasteiger partial charge on any atom is -0.398 e. The SMILES string of the molecule is CON(C)C(=O)c1cccc(N)c1C. The molecule has 0 aliphatic heterocycles. The molecule has 1 aromatic rings. The quantitative estimate of drug-likeness (QED) is 0.568. The molecule has 0 heterocycles. The van der Waals surface area contributed by atoms with Crippen LogP contribution in [0.3, 0.4) is 0 Å². The highest BCUT2D eigenvalue weighted by atomic mass is 16.7. The summed E-state index contributed by atoms with van der Waals surface area (Å²) in [6.07, 6.45) is 0. The normalized spacial score (nSPS) is 9.93. The highest BCUT2D eigenvalue weighted by Gasteiger charge is 2.14. The van der Waals surface area contributed by atoms with Crippen molar-refractivity contribution in [1.82, 2.24) is 5.06 Å². The number of carbonyl (C=O) groups excluding carboxylic acids is 1. The number of nitrogens with two attached hydrogens (primary N) is 1. The highest BCUT2D eigenvalue weighted by Crippen LogP contribution is 2.16. The van der Waals surface area contributed by atoms with Crippen molar-refractivity contribution in [1.29, 1.82) is 0 Å². The monoisotopic (exact) mass is 194 g/mol. The third kappa shape index (κ3) is 1.85. The van der Waals surface area contributed by atoms with Crippen molar-refractivity contribution in [2.24, 2.45) is 0 Å². The smallest absolute Gasteiger partial charge is 0.277 e. The minimum atomic E-state index is -0.197. The molecule has 0 saturated heterocycles. The van der Waals surface area contributed by atoms with Crippen molar-refractivity contribution >= 4 is 11.6 Å². The van der Waals surface area contributed by atoms with E-state index in [0.29, 0.717) is 11.3 Å². The predicted molar refractivity (Wildman–Crippen MR) is 54.7 cm³/mol. The topological polar surface area (TPSA) is 55.6 Å². The number of carbonyl (C=O) groups is 1. The van der Waals surface area contributed by atoms with Gasteiger partial charge in [-0.25, -0.2) is 5.06 Å². The summed E-state index contributed by atoms with van der Waals surface area (Å²) >= 11 is 0. The summed E-state index contributed by atoms with van der Waals surface area (Å²) in [6, 6.07) is 5.24. The lowest BCUT2D eigenvalue weighted by molar-refractivity contribution is -0.0757. The summed E-state index contributed by atoms with van der Waals surface area (Å²) < 4.78 is 0. The van der Waals surface area contributed by atoms with Crippen LogP contribution >= 0.6 is 0 Å². The van der Waals surface area contributed by atoms with Gasteiger partial charge in [0.1, 0.15) is 0 Å². The van der Waals surface area contributed by atoms with Crippen LogP contribution < -0.4 is 5.73 Å². The van der Waals surface area contributed by atoms with E-state index in [9.17, 15) is 4.79 Å². The molecule has 76 valence electrons. The Morgan fingerprint density at radius 2 is 2.14 bits per heavy atom. The van der Waals surface area contributed by atoms with Crippen LogP contribution in [0.1, 0.15) is 15.9 Å². The number of amides is 1. The zero-order valence-electron chi connectivity index (χ0n) is 8.57. The fraction of sp³-hybridized carbons (Fsp3) is 0.300. The standard InChI is InChI=1S/C10H14N2O2/c1-7-8(5-4-6-9(7)11)10(13)12(2)14-3/h4-6H,11H2,1-3H3. The molecular weight excluding hydrogens is 180 g/mol. The average molecular weight is 194 g/mol. The molecule has 0 unspecified atom stereocenters. The van der Waals surface area contributed by atoms with Crippen LogP contribution in [0.5, 0.6) is 0 Å². The second kappa shape index (κ2) is 4.11. The molecule has 0 fully saturated rings. The van der Waals surface area contributed by atoms with Gasteiger partial charge in [0, 0.05) is 18.3 Å². The molecule has 0 atom stereocenters. The Morgan fingerprint density at radius 3 is 2.71 bits per heavy atom. The van der Waals surface area contributed by atoms with Crippen molar-refractivity contribution in [3.8, 4) is 0 Å². The fourth-order valence-corrected chi connectivity index (χ4v) is 1.14. The molecule has 0 aliphatic carbocycles. The molecule has 0 bridgehead atoms. The van der Waals surface area contributed by atoms with Crippen LogP contribution in [0.15, 0.2) is 18.2 Å². The van der Waals surface area contributed by atoms with E-state index in [1.165, 1.54) is 12.2 Å². The maximum absolute atomic E-state index is 11.7. The first-order chi connectivity index (χ1) is 6.57. The zero-order chi connectivity index (χ0) is 10.7. The van der Waals surface area contributed by atoms with Crippen molar-refractivity contribution in [3.05, 3.63) is 29.3 Å².